The van der Waals surface area contributed by atoms with Crippen molar-refractivity contribution in [2.75, 3.05) is 24.3 Å². The molecule has 2 atom stereocenters. The summed E-state index contributed by atoms with van der Waals surface area (Å²) in [6.45, 7) is 9.91. The van der Waals surface area contributed by atoms with Crippen LogP contribution in [-0.2, 0) is 10.8 Å². The summed E-state index contributed by atoms with van der Waals surface area (Å²) in [5.74, 6) is 1.95. The largest absolute Gasteiger partial charge is 0.313 e. The number of rotatable bonds is 7. The molecule has 0 radical (unpaired) electrons. The normalized spacial score (nSPS) is 16.3. The van der Waals surface area contributed by atoms with Crippen molar-refractivity contribution in [2.24, 2.45) is 0 Å². The van der Waals surface area contributed by atoms with Crippen LogP contribution in [0.15, 0.2) is 0 Å². The molecule has 2 unspecified atom stereocenters. The molecular weight excluding hydrogens is 226 g/mol. The maximum absolute atomic E-state index is 10.8. The standard InChI is InChI=1S/C11H25NOS2/c1-10(9-14-11(2,3)4)12-7-6-8-15(5)13/h10,12H,6-9H2,1-5H3. The van der Waals surface area contributed by atoms with E-state index in [1.165, 1.54) is 0 Å². The topological polar surface area (TPSA) is 29.1 Å². The Morgan fingerprint density at radius 1 is 1.40 bits per heavy atom. The van der Waals surface area contributed by atoms with Crippen LogP contribution in [0.2, 0.25) is 0 Å². The van der Waals surface area contributed by atoms with Crippen LogP contribution >= 0.6 is 11.8 Å². The Hall–Kier alpha value is 0.460. The van der Waals surface area contributed by atoms with Crippen molar-refractivity contribution in [2.45, 2.75) is 44.9 Å². The number of nitrogens with one attached hydrogen (secondary N) is 1. The molecule has 0 fully saturated rings. The van der Waals surface area contributed by atoms with E-state index < -0.39 is 10.8 Å². The Morgan fingerprint density at radius 3 is 2.47 bits per heavy atom. The maximum Gasteiger partial charge on any atom is 0.0244 e. The fourth-order valence-electron chi connectivity index (χ4n) is 1.06. The molecule has 0 aromatic carbocycles. The van der Waals surface area contributed by atoms with Crippen molar-refractivity contribution < 1.29 is 4.21 Å². The van der Waals surface area contributed by atoms with Gasteiger partial charge in [0.25, 0.3) is 0 Å². The summed E-state index contributed by atoms with van der Waals surface area (Å²) < 4.78 is 11.2. The number of thioether (sulfide) groups is 1. The molecule has 0 rings (SSSR count). The highest BCUT2D eigenvalue weighted by molar-refractivity contribution is 8.00. The first kappa shape index (κ1) is 15.5. The number of hydrogen-bond donors (Lipinski definition) is 1. The predicted molar refractivity (Wildman–Crippen MR) is 73.2 cm³/mol. The summed E-state index contributed by atoms with van der Waals surface area (Å²) in [5.41, 5.74) is 0. The first-order valence-corrected chi connectivity index (χ1v) is 8.20. The SMILES string of the molecule is CC(CSC(C)(C)C)NCCCS(C)=O. The summed E-state index contributed by atoms with van der Waals surface area (Å²) in [5, 5.41) is 3.46. The Balaban J connectivity index is 3.41. The van der Waals surface area contributed by atoms with E-state index in [4.69, 9.17) is 0 Å². The van der Waals surface area contributed by atoms with Crippen LogP contribution in [-0.4, -0.2) is 39.3 Å². The minimum absolute atomic E-state index is 0.348. The monoisotopic (exact) mass is 251 g/mol. The summed E-state index contributed by atoms with van der Waals surface area (Å²) in [6.07, 6.45) is 2.77. The van der Waals surface area contributed by atoms with Crippen LogP contribution in [0.25, 0.3) is 0 Å². The molecule has 2 nitrogen and oxygen atoms in total. The third-order valence-corrected chi connectivity index (χ3v) is 4.26. The Bertz CT molecular complexity index is 190. The van der Waals surface area contributed by atoms with Gasteiger partial charge < -0.3 is 5.32 Å². The summed E-state index contributed by atoms with van der Waals surface area (Å²) in [6, 6.07) is 0.541. The highest BCUT2D eigenvalue weighted by Crippen LogP contribution is 2.23. The molecule has 0 bridgehead atoms. The van der Waals surface area contributed by atoms with E-state index in [0.717, 1.165) is 24.5 Å². The van der Waals surface area contributed by atoms with Crippen molar-refractivity contribution >= 4 is 22.6 Å². The maximum atomic E-state index is 10.8. The lowest BCUT2D eigenvalue weighted by atomic mass is 10.3. The van der Waals surface area contributed by atoms with Gasteiger partial charge in [0.1, 0.15) is 0 Å². The van der Waals surface area contributed by atoms with Gasteiger partial charge in [-0.15, -0.1) is 0 Å². The molecule has 0 aliphatic carbocycles. The molecule has 0 saturated carbocycles. The Labute approximate surface area is 101 Å². The molecule has 1 N–H and O–H groups in total. The molecule has 0 spiro atoms. The fraction of sp³-hybridized carbons (Fsp3) is 1.00. The smallest absolute Gasteiger partial charge is 0.0244 e. The van der Waals surface area contributed by atoms with E-state index in [1.807, 2.05) is 11.8 Å². The van der Waals surface area contributed by atoms with Gasteiger partial charge in [-0.3, -0.25) is 4.21 Å². The van der Waals surface area contributed by atoms with E-state index in [-0.39, 0.29) is 0 Å². The van der Waals surface area contributed by atoms with E-state index in [9.17, 15) is 4.21 Å². The highest BCUT2D eigenvalue weighted by Gasteiger charge is 2.12. The highest BCUT2D eigenvalue weighted by atomic mass is 32.2. The number of hydrogen-bond acceptors (Lipinski definition) is 3. The Kier molecular flexibility index (Phi) is 7.92. The van der Waals surface area contributed by atoms with Crippen LogP contribution in [0.1, 0.15) is 34.1 Å². The molecule has 4 heteroatoms. The molecule has 0 aliphatic heterocycles. The lowest BCUT2D eigenvalue weighted by molar-refractivity contribution is 0.587. The average molecular weight is 251 g/mol. The van der Waals surface area contributed by atoms with Crippen LogP contribution < -0.4 is 5.32 Å². The first-order valence-electron chi connectivity index (χ1n) is 5.48. The first-order chi connectivity index (χ1) is 6.81. The zero-order valence-corrected chi connectivity index (χ0v) is 12.3. The third kappa shape index (κ3) is 12.4. The minimum Gasteiger partial charge on any atom is -0.313 e. The van der Waals surface area contributed by atoms with Crippen LogP contribution in [0, 0.1) is 0 Å². The van der Waals surface area contributed by atoms with Crippen molar-refractivity contribution in [1.82, 2.24) is 5.32 Å². The average Bonchev–Trinajstić information content (AvgIpc) is 2.07. The van der Waals surface area contributed by atoms with Crippen LogP contribution in [0.4, 0.5) is 0 Å². The zero-order valence-electron chi connectivity index (χ0n) is 10.6. The zero-order chi connectivity index (χ0) is 11.9. The van der Waals surface area contributed by atoms with Gasteiger partial charge in [-0.1, -0.05) is 20.8 Å². The van der Waals surface area contributed by atoms with E-state index in [1.54, 1.807) is 6.26 Å². The Morgan fingerprint density at radius 2 is 2.00 bits per heavy atom. The van der Waals surface area contributed by atoms with Gasteiger partial charge in [-0.25, -0.2) is 0 Å². The quantitative estimate of drug-likeness (QED) is 0.704. The second-order valence-corrected chi connectivity index (χ2v) is 8.31. The molecule has 15 heavy (non-hydrogen) atoms. The molecule has 0 aromatic rings. The fourth-order valence-corrected chi connectivity index (χ4v) is 2.48. The summed E-state index contributed by atoms with van der Waals surface area (Å²) >= 11 is 1.98. The second-order valence-electron chi connectivity index (χ2n) is 4.91. The van der Waals surface area contributed by atoms with E-state index in [0.29, 0.717) is 10.8 Å². The van der Waals surface area contributed by atoms with Crippen molar-refractivity contribution in [3.63, 3.8) is 0 Å². The predicted octanol–water partition coefficient (Wildman–Crippen LogP) is 2.26. The summed E-state index contributed by atoms with van der Waals surface area (Å²) in [4.78, 5) is 0. The van der Waals surface area contributed by atoms with Gasteiger partial charge in [-0.2, -0.15) is 11.8 Å². The van der Waals surface area contributed by atoms with Gasteiger partial charge >= 0.3 is 0 Å². The van der Waals surface area contributed by atoms with E-state index in [2.05, 4.69) is 33.0 Å². The van der Waals surface area contributed by atoms with Gasteiger partial charge in [0.2, 0.25) is 0 Å². The van der Waals surface area contributed by atoms with Crippen LogP contribution in [0.3, 0.4) is 0 Å². The molecule has 0 aromatic heterocycles. The van der Waals surface area contributed by atoms with Crippen molar-refractivity contribution in [3.8, 4) is 0 Å². The van der Waals surface area contributed by atoms with Gasteiger partial charge in [0, 0.05) is 39.3 Å². The molecule has 92 valence electrons. The van der Waals surface area contributed by atoms with Gasteiger partial charge in [0.05, 0.1) is 0 Å². The molecule has 0 aliphatic rings. The van der Waals surface area contributed by atoms with E-state index >= 15 is 0 Å². The molecular formula is C11H25NOS2. The van der Waals surface area contributed by atoms with Gasteiger partial charge in [0.15, 0.2) is 0 Å². The minimum atomic E-state index is -0.643. The summed E-state index contributed by atoms with van der Waals surface area (Å²) in [7, 11) is -0.643. The molecule has 0 saturated heterocycles. The molecule has 0 amide bonds. The van der Waals surface area contributed by atoms with Crippen molar-refractivity contribution in [1.29, 1.82) is 0 Å². The lowest BCUT2D eigenvalue weighted by Gasteiger charge is -2.21. The van der Waals surface area contributed by atoms with Gasteiger partial charge in [-0.05, 0) is 19.9 Å². The second kappa shape index (κ2) is 7.69. The van der Waals surface area contributed by atoms with Crippen LogP contribution in [0.5, 0.6) is 0 Å². The molecule has 0 heterocycles. The van der Waals surface area contributed by atoms with Crippen molar-refractivity contribution in [3.05, 3.63) is 0 Å². The third-order valence-electron chi connectivity index (χ3n) is 1.87. The lowest BCUT2D eigenvalue weighted by Crippen LogP contribution is -2.31.